The highest BCUT2D eigenvalue weighted by Gasteiger charge is 2.24. The molecule has 0 amide bonds. The van der Waals surface area contributed by atoms with E-state index in [0.717, 1.165) is 0 Å². The van der Waals surface area contributed by atoms with Crippen LogP contribution in [-0.4, -0.2) is 18.9 Å². The molecule has 0 bridgehead atoms. The van der Waals surface area contributed by atoms with Crippen LogP contribution >= 0.6 is 0 Å². The smallest absolute Gasteiger partial charge is 0.337 e. The first-order valence-electron chi connectivity index (χ1n) is 5.29. The lowest BCUT2D eigenvalue weighted by molar-refractivity contribution is 0.0600. The van der Waals surface area contributed by atoms with Gasteiger partial charge in [0, 0.05) is 11.0 Å². The standard InChI is InChI=1S/C14H16O3/c1-5-14(2,3)12(15)10-6-8-11(9-7-10)13(16)17-4/h5-9H,1H2,2-4H3. The van der Waals surface area contributed by atoms with Crippen LogP contribution in [0, 0.1) is 5.41 Å². The number of rotatable bonds is 4. The maximum absolute atomic E-state index is 12.1. The minimum Gasteiger partial charge on any atom is -0.465 e. The van der Waals surface area contributed by atoms with Crippen LogP contribution in [0.25, 0.3) is 0 Å². The van der Waals surface area contributed by atoms with Gasteiger partial charge in [-0.1, -0.05) is 18.2 Å². The summed E-state index contributed by atoms with van der Waals surface area (Å²) >= 11 is 0. The van der Waals surface area contributed by atoms with E-state index in [-0.39, 0.29) is 5.78 Å². The normalized spacial score (nSPS) is 10.8. The molecule has 0 aliphatic heterocycles. The molecule has 0 aromatic heterocycles. The Morgan fingerprint density at radius 3 is 2.06 bits per heavy atom. The Kier molecular flexibility index (Phi) is 3.84. The molecule has 0 fully saturated rings. The summed E-state index contributed by atoms with van der Waals surface area (Å²) in [4.78, 5) is 23.3. The number of esters is 1. The minimum atomic E-state index is -0.604. The lowest BCUT2D eigenvalue weighted by Gasteiger charge is -2.17. The molecule has 0 aliphatic carbocycles. The first kappa shape index (κ1) is 13.2. The van der Waals surface area contributed by atoms with Crippen molar-refractivity contribution in [1.82, 2.24) is 0 Å². The van der Waals surface area contributed by atoms with Gasteiger partial charge in [0.2, 0.25) is 0 Å². The largest absolute Gasteiger partial charge is 0.465 e. The van der Waals surface area contributed by atoms with Crippen LogP contribution in [0.4, 0.5) is 0 Å². The molecule has 1 aromatic carbocycles. The lowest BCUT2D eigenvalue weighted by atomic mass is 9.84. The topological polar surface area (TPSA) is 43.4 Å². The van der Waals surface area contributed by atoms with Crippen molar-refractivity contribution >= 4 is 11.8 Å². The Hall–Kier alpha value is -1.90. The molecule has 90 valence electrons. The zero-order valence-electron chi connectivity index (χ0n) is 10.3. The molecule has 0 aliphatic rings. The van der Waals surface area contributed by atoms with E-state index in [9.17, 15) is 9.59 Å². The minimum absolute atomic E-state index is 0.0242. The number of hydrogen-bond donors (Lipinski definition) is 0. The number of carbonyl (C=O) groups excluding carboxylic acids is 2. The fraction of sp³-hybridized carbons (Fsp3) is 0.286. The number of hydrogen-bond acceptors (Lipinski definition) is 3. The Morgan fingerprint density at radius 1 is 1.18 bits per heavy atom. The van der Waals surface area contributed by atoms with Crippen molar-refractivity contribution in [2.75, 3.05) is 7.11 Å². The van der Waals surface area contributed by atoms with E-state index >= 15 is 0 Å². The maximum atomic E-state index is 12.1. The average molecular weight is 232 g/mol. The van der Waals surface area contributed by atoms with Crippen LogP contribution in [0.1, 0.15) is 34.6 Å². The van der Waals surface area contributed by atoms with E-state index in [2.05, 4.69) is 11.3 Å². The number of ketones is 1. The van der Waals surface area contributed by atoms with Gasteiger partial charge in [0.1, 0.15) is 0 Å². The second kappa shape index (κ2) is 4.95. The monoisotopic (exact) mass is 232 g/mol. The van der Waals surface area contributed by atoms with Gasteiger partial charge in [-0.3, -0.25) is 4.79 Å². The van der Waals surface area contributed by atoms with Gasteiger partial charge in [-0.05, 0) is 26.0 Å². The van der Waals surface area contributed by atoms with Gasteiger partial charge < -0.3 is 4.74 Å². The quantitative estimate of drug-likeness (QED) is 0.455. The zero-order chi connectivity index (χ0) is 13.1. The molecule has 0 atom stereocenters. The number of benzene rings is 1. The first-order chi connectivity index (χ1) is 7.92. The van der Waals surface area contributed by atoms with Gasteiger partial charge in [-0.25, -0.2) is 4.79 Å². The SMILES string of the molecule is C=CC(C)(C)C(=O)c1ccc(C(=O)OC)cc1. The molecule has 0 radical (unpaired) electrons. The summed E-state index contributed by atoms with van der Waals surface area (Å²) in [5, 5.41) is 0. The van der Waals surface area contributed by atoms with Gasteiger partial charge in [0.25, 0.3) is 0 Å². The molecule has 0 saturated heterocycles. The highest BCUT2D eigenvalue weighted by atomic mass is 16.5. The van der Waals surface area contributed by atoms with E-state index in [0.29, 0.717) is 11.1 Å². The van der Waals surface area contributed by atoms with Crippen LogP contribution in [-0.2, 0) is 4.74 Å². The van der Waals surface area contributed by atoms with Crippen LogP contribution in [0.3, 0.4) is 0 Å². The van der Waals surface area contributed by atoms with Crippen molar-refractivity contribution in [1.29, 1.82) is 0 Å². The van der Waals surface area contributed by atoms with Crippen molar-refractivity contribution in [3.05, 3.63) is 48.0 Å². The molecule has 0 spiro atoms. The predicted octanol–water partition coefficient (Wildman–Crippen LogP) is 2.87. The fourth-order valence-corrected chi connectivity index (χ4v) is 1.34. The molecule has 1 rings (SSSR count). The first-order valence-corrected chi connectivity index (χ1v) is 5.29. The molecule has 3 nitrogen and oxygen atoms in total. The summed E-state index contributed by atoms with van der Waals surface area (Å²) in [6, 6.07) is 6.41. The van der Waals surface area contributed by atoms with Crippen molar-refractivity contribution in [2.24, 2.45) is 5.41 Å². The van der Waals surface area contributed by atoms with Crippen LogP contribution in [0.2, 0.25) is 0 Å². The van der Waals surface area contributed by atoms with E-state index in [1.165, 1.54) is 7.11 Å². The summed E-state index contributed by atoms with van der Waals surface area (Å²) in [5.41, 5.74) is 0.385. The molecule has 0 heterocycles. The van der Waals surface area contributed by atoms with Gasteiger partial charge in [0.15, 0.2) is 5.78 Å². The molecule has 0 saturated carbocycles. The van der Waals surface area contributed by atoms with Crippen molar-refractivity contribution < 1.29 is 14.3 Å². The second-order valence-electron chi connectivity index (χ2n) is 4.32. The molecular weight excluding hydrogens is 216 g/mol. The van der Waals surface area contributed by atoms with Crippen LogP contribution in [0.5, 0.6) is 0 Å². The van der Waals surface area contributed by atoms with Gasteiger partial charge in [0.05, 0.1) is 12.7 Å². The number of methoxy groups -OCH3 is 1. The van der Waals surface area contributed by atoms with Crippen molar-refractivity contribution in [2.45, 2.75) is 13.8 Å². The Morgan fingerprint density at radius 2 is 1.65 bits per heavy atom. The number of allylic oxidation sites excluding steroid dienone is 1. The summed E-state index contributed by atoms with van der Waals surface area (Å²) in [6.07, 6.45) is 1.61. The summed E-state index contributed by atoms with van der Waals surface area (Å²) < 4.78 is 4.59. The maximum Gasteiger partial charge on any atom is 0.337 e. The highest BCUT2D eigenvalue weighted by Crippen LogP contribution is 2.23. The highest BCUT2D eigenvalue weighted by molar-refractivity contribution is 6.02. The Labute approximate surface area is 101 Å². The van der Waals surface area contributed by atoms with E-state index in [1.807, 2.05) is 0 Å². The number of ether oxygens (including phenoxy) is 1. The molecule has 0 unspecified atom stereocenters. The summed E-state index contributed by atoms with van der Waals surface area (Å²) in [7, 11) is 1.32. The molecular formula is C14H16O3. The number of carbonyl (C=O) groups is 2. The third-order valence-electron chi connectivity index (χ3n) is 2.66. The molecule has 17 heavy (non-hydrogen) atoms. The van der Waals surface area contributed by atoms with Gasteiger partial charge >= 0.3 is 5.97 Å². The van der Waals surface area contributed by atoms with E-state index in [1.54, 1.807) is 44.2 Å². The lowest BCUT2D eigenvalue weighted by Crippen LogP contribution is -2.21. The van der Waals surface area contributed by atoms with E-state index < -0.39 is 11.4 Å². The van der Waals surface area contributed by atoms with Crippen molar-refractivity contribution in [3.63, 3.8) is 0 Å². The van der Waals surface area contributed by atoms with Crippen LogP contribution in [0.15, 0.2) is 36.9 Å². The van der Waals surface area contributed by atoms with E-state index in [4.69, 9.17) is 0 Å². The Bertz CT molecular complexity index is 441. The third kappa shape index (κ3) is 2.81. The molecule has 0 N–H and O–H groups in total. The summed E-state index contributed by atoms with van der Waals surface area (Å²) in [6.45, 7) is 7.25. The molecule has 3 heteroatoms. The van der Waals surface area contributed by atoms with Gasteiger partial charge in [-0.2, -0.15) is 0 Å². The van der Waals surface area contributed by atoms with Crippen molar-refractivity contribution in [3.8, 4) is 0 Å². The predicted molar refractivity (Wildman–Crippen MR) is 66.1 cm³/mol. The van der Waals surface area contributed by atoms with Gasteiger partial charge in [-0.15, -0.1) is 6.58 Å². The van der Waals surface area contributed by atoms with Crippen LogP contribution < -0.4 is 0 Å². The number of Topliss-reactive ketones (excluding diaryl/α,β-unsaturated/α-hetero) is 1. The molecule has 1 aromatic rings. The zero-order valence-corrected chi connectivity index (χ0v) is 10.3. The average Bonchev–Trinajstić information content (AvgIpc) is 2.37. The fourth-order valence-electron chi connectivity index (χ4n) is 1.34. The second-order valence-corrected chi connectivity index (χ2v) is 4.32. The summed E-state index contributed by atoms with van der Waals surface area (Å²) in [5.74, 6) is -0.434. The third-order valence-corrected chi connectivity index (χ3v) is 2.66. The Balaban J connectivity index is 3.00.